The second-order valence-electron chi connectivity index (χ2n) is 5.37. The summed E-state index contributed by atoms with van der Waals surface area (Å²) < 4.78 is 0. The Morgan fingerprint density at radius 1 is 1.35 bits per heavy atom. The van der Waals surface area contributed by atoms with Gasteiger partial charge in [0.25, 0.3) is 5.91 Å². The second kappa shape index (κ2) is 6.50. The molecule has 1 saturated carbocycles. The van der Waals surface area contributed by atoms with Gasteiger partial charge in [0.05, 0.1) is 0 Å². The molecule has 1 fully saturated rings. The minimum Gasteiger partial charge on any atom is -0.480 e. The Balaban J connectivity index is 2.07. The van der Waals surface area contributed by atoms with Gasteiger partial charge in [0.1, 0.15) is 6.04 Å². The predicted molar refractivity (Wildman–Crippen MR) is 74.4 cm³/mol. The standard InChI is InChI=1S/C15H20N2O3/c1-10-9-12(7-8-16-10)14(18)17-13(15(19)20)11-5-3-2-4-6-11/h7-9,11,13H,2-6H2,1H3,(H,17,18)(H,19,20). The molecule has 0 aromatic carbocycles. The molecule has 5 nitrogen and oxygen atoms in total. The third-order valence-electron chi connectivity index (χ3n) is 3.83. The van der Waals surface area contributed by atoms with Crippen LogP contribution in [0.25, 0.3) is 0 Å². The molecule has 5 heteroatoms. The zero-order chi connectivity index (χ0) is 14.5. The Morgan fingerprint density at radius 3 is 2.65 bits per heavy atom. The highest BCUT2D eigenvalue weighted by Crippen LogP contribution is 2.26. The molecule has 1 atom stereocenters. The van der Waals surface area contributed by atoms with Crippen molar-refractivity contribution in [3.05, 3.63) is 29.6 Å². The monoisotopic (exact) mass is 276 g/mol. The largest absolute Gasteiger partial charge is 0.480 e. The van der Waals surface area contributed by atoms with Crippen LogP contribution in [0, 0.1) is 12.8 Å². The average molecular weight is 276 g/mol. The molecule has 1 aliphatic rings. The van der Waals surface area contributed by atoms with Gasteiger partial charge in [0.15, 0.2) is 0 Å². The van der Waals surface area contributed by atoms with E-state index in [4.69, 9.17) is 0 Å². The van der Waals surface area contributed by atoms with E-state index in [1.54, 1.807) is 25.3 Å². The number of nitrogens with zero attached hydrogens (tertiary/aromatic N) is 1. The number of carboxylic acid groups (broad SMARTS) is 1. The number of carbonyl (C=O) groups is 2. The first kappa shape index (κ1) is 14.5. The van der Waals surface area contributed by atoms with Crippen molar-refractivity contribution in [2.24, 2.45) is 5.92 Å². The summed E-state index contributed by atoms with van der Waals surface area (Å²) in [5.41, 5.74) is 1.20. The average Bonchev–Trinajstić information content (AvgIpc) is 2.45. The number of nitrogens with one attached hydrogen (secondary N) is 1. The van der Waals surface area contributed by atoms with Gasteiger partial charge in [0, 0.05) is 17.5 Å². The molecule has 0 radical (unpaired) electrons. The molecular formula is C15H20N2O3. The molecule has 1 aromatic heterocycles. The molecule has 108 valence electrons. The first-order valence-electron chi connectivity index (χ1n) is 7.04. The molecule has 1 aliphatic carbocycles. The lowest BCUT2D eigenvalue weighted by atomic mass is 9.84. The summed E-state index contributed by atoms with van der Waals surface area (Å²) in [5.74, 6) is -1.25. The number of hydrogen-bond donors (Lipinski definition) is 2. The minimum absolute atomic E-state index is 0.0353. The molecule has 2 N–H and O–H groups in total. The molecule has 0 aliphatic heterocycles. The van der Waals surface area contributed by atoms with Crippen LogP contribution in [-0.2, 0) is 4.79 Å². The number of hydrogen-bond acceptors (Lipinski definition) is 3. The highest BCUT2D eigenvalue weighted by atomic mass is 16.4. The molecule has 1 heterocycles. The van der Waals surface area contributed by atoms with Gasteiger partial charge in [-0.05, 0) is 37.8 Å². The van der Waals surface area contributed by atoms with E-state index in [-0.39, 0.29) is 11.8 Å². The van der Waals surface area contributed by atoms with E-state index in [1.165, 1.54) is 0 Å². The van der Waals surface area contributed by atoms with E-state index < -0.39 is 12.0 Å². The van der Waals surface area contributed by atoms with Crippen LogP contribution in [0.15, 0.2) is 18.3 Å². The highest BCUT2D eigenvalue weighted by molar-refractivity contribution is 5.96. The van der Waals surface area contributed by atoms with Gasteiger partial charge in [-0.1, -0.05) is 19.3 Å². The van der Waals surface area contributed by atoms with Gasteiger partial charge in [-0.2, -0.15) is 0 Å². The Labute approximate surface area is 118 Å². The van der Waals surface area contributed by atoms with E-state index >= 15 is 0 Å². The summed E-state index contributed by atoms with van der Waals surface area (Å²) in [6.07, 6.45) is 6.53. The number of carboxylic acids is 1. The quantitative estimate of drug-likeness (QED) is 0.883. The summed E-state index contributed by atoms with van der Waals surface area (Å²) in [4.78, 5) is 27.6. The van der Waals surface area contributed by atoms with Gasteiger partial charge in [-0.3, -0.25) is 9.78 Å². The summed E-state index contributed by atoms with van der Waals surface area (Å²) in [6.45, 7) is 1.80. The first-order chi connectivity index (χ1) is 9.58. The van der Waals surface area contributed by atoms with Crippen molar-refractivity contribution in [3.8, 4) is 0 Å². The van der Waals surface area contributed by atoms with E-state index in [9.17, 15) is 14.7 Å². The fraction of sp³-hybridized carbons (Fsp3) is 0.533. The van der Waals surface area contributed by atoms with Crippen molar-refractivity contribution in [1.29, 1.82) is 0 Å². The summed E-state index contributed by atoms with van der Waals surface area (Å²) in [5, 5.41) is 12.0. The van der Waals surface area contributed by atoms with Gasteiger partial charge < -0.3 is 10.4 Å². The smallest absolute Gasteiger partial charge is 0.326 e. The van der Waals surface area contributed by atoms with Crippen molar-refractivity contribution in [2.45, 2.75) is 45.1 Å². The number of aryl methyl sites for hydroxylation is 1. The van der Waals surface area contributed by atoms with Gasteiger partial charge in [-0.25, -0.2) is 4.79 Å². The zero-order valence-electron chi connectivity index (χ0n) is 11.6. The molecule has 2 rings (SSSR count). The fourth-order valence-electron chi connectivity index (χ4n) is 2.76. The minimum atomic E-state index is -0.948. The number of aliphatic carboxylic acids is 1. The first-order valence-corrected chi connectivity index (χ1v) is 7.04. The van der Waals surface area contributed by atoms with E-state index in [0.717, 1.165) is 37.8 Å². The second-order valence-corrected chi connectivity index (χ2v) is 5.37. The molecule has 20 heavy (non-hydrogen) atoms. The van der Waals surface area contributed by atoms with Crippen LogP contribution in [0.4, 0.5) is 0 Å². The highest BCUT2D eigenvalue weighted by Gasteiger charge is 2.30. The Morgan fingerprint density at radius 2 is 2.05 bits per heavy atom. The summed E-state index contributed by atoms with van der Waals surface area (Å²) in [6, 6.07) is 2.47. The Bertz CT molecular complexity index is 496. The van der Waals surface area contributed by atoms with Crippen LogP contribution >= 0.6 is 0 Å². The van der Waals surface area contributed by atoms with Crippen LogP contribution in [-0.4, -0.2) is 28.0 Å². The van der Waals surface area contributed by atoms with E-state index in [0.29, 0.717) is 5.56 Å². The van der Waals surface area contributed by atoms with Crippen molar-refractivity contribution in [1.82, 2.24) is 10.3 Å². The van der Waals surface area contributed by atoms with Gasteiger partial charge in [-0.15, -0.1) is 0 Å². The number of pyridine rings is 1. The van der Waals surface area contributed by atoms with Crippen LogP contribution < -0.4 is 5.32 Å². The third-order valence-corrected chi connectivity index (χ3v) is 3.83. The summed E-state index contributed by atoms with van der Waals surface area (Å²) >= 11 is 0. The third kappa shape index (κ3) is 3.56. The van der Waals surface area contributed by atoms with Crippen LogP contribution in [0.1, 0.15) is 48.2 Å². The van der Waals surface area contributed by atoms with Crippen LogP contribution in [0.2, 0.25) is 0 Å². The molecule has 0 saturated heterocycles. The molecule has 1 aromatic rings. The predicted octanol–water partition coefficient (Wildman–Crippen LogP) is 2.15. The van der Waals surface area contributed by atoms with Crippen LogP contribution in [0.3, 0.4) is 0 Å². The molecule has 0 spiro atoms. The molecular weight excluding hydrogens is 256 g/mol. The lowest BCUT2D eigenvalue weighted by molar-refractivity contribution is -0.141. The maximum atomic E-state index is 12.2. The van der Waals surface area contributed by atoms with Gasteiger partial charge >= 0.3 is 5.97 Å². The van der Waals surface area contributed by atoms with E-state index in [2.05, 4.69) is 10.3 Å². The van der Waals surface area contributed by atoms with E-state index in [1.807, 2.05) is 0 Å². The fourth-order valence-corrected chi connectivity index (χ4v) is 2.76. The number of aromatic nitrogens is 1. The maximum absolute atomic E-state index is 12.2. The zero-order valence-corrected chi connectivity index (χ0v) is 11.6. The van der Waals surface area contributed by atoms with Crippen molar-refractivity contribution in [2.75, 3.05) is 0 Å². The van der Waals surface area contributed by atoms with Crippen molar-refractivity contribution in [3.63, 3.8) is 0 Å². The lowest BCUT2D eigenvalue weighted by Gasteiger charge is -2.28. The molecule has 1 amide bonds. The number of amides is 1. The van der Waals surface area contributed by atoms with Crippen LogP contribution in [0.5, 0.6) is 0 Å². The Hall–Kier alpha value is -1.91. The Kier molecular flexibility index (Phi) is 4.71. The number of rotatable bonds is 4. The molecule has 1 unspecified atom stereocenters. The summed E-state index contributed by atoms with van der Waals surface area (Å²) in [7, 11) is 0. The van der Waals surface area contributed by atoms with Crippen molar-refractivity contribution >= 4 is 11.9 Å². The maximum Gasteiger partial charge on any atom is 0.326 e. The topological polar surface area (TPSA) is 79.3 Å². The normalized spacial score (nSPS) is 17.4. The lowest BCUT2D eigenvalue weighted by Crippen LogP contribution is -2.46. The van der Waals surface area contributed by atoms with Gasteiger partial charge in [0.2, 0.25) is 0 Å². The number of carbonyl (C=O) groups excluding carboxylic acids is 1. The SMILES string of the molecule is Cc1cc(C(=O)NC(C(=O)O)C2CCCCC2)ccn1. The van der Waals surface area contributed by atoms with Crippen molar-refractivity contribution < 1.29 is 14.7 Å². The molecule has 0 bridgehead atoms.